The minimum absolute atomic E-state index is 0.0486. The summed E-state index contributed by atoms with van der Waals surface area (Å²) in [6.45, 7) is 0. The Balaban J connectivity index is 1.80. The Morgan fingerprint density at radius 2 is 1.78 bits per heavy atom. The van der Waals surface area contributed by atoms with E-state index >= 15 is 0 Å². The van der Waals surface area contributed by atoms with Gasteiger partial charge in [-0.1, -0.05) is 18.2 Å². The zero-order valence-corrected chi connectivity index (χ0v) is 13.9. The summed E-state index contributed by atoms with van der Waals surface area (Å²) >= 11 is 0. The molecule has 2 saturated heterocycles. The molecule has 0 bridgehead atoms. The number of benzene rings is 2. The summed E-state index contributed by atoms with van der Waals surface area (Å²) in [7, 11) is 0. The number of carboxylic acids is 1. The van der Waals surface area contributed by atoms with Gasteiger partial charge in [0.05, 0.1) is 11.3 Å². The molecule has 0 radical (unpaired) electrons. The van der Waals surface area contributed by atoms with Gasteiger partial charge in [-0.15, -0.1) is 0 Å². The van der Waals surface area contributed by atoms with Gasteiger partial charge in [-0.25, -0.2) is 9.29 Å². The first-order valence-electron chi connectivity index (χ1n) is 8.37. The Hall–Kier alpha value is -3.26. The molecular weight excluding hydrogens is 355 g/mol. The maximum atomic E-state index is 13.6. The number of phenolic OH excluding ortho intramolecular Hbond substituents is 1. The summed E-state index contributed by atoms with van der Waals surface area (Å²) in [6.07, 6.45) is 0. The number of hydrogen-bond donors (Lipinski definition) is 2. The molecule has 138 valence electrons. The van der Waals surface area contributed by atoms with Crippen molar-refractivity contribution < 1.29 is 34.3 Å². The smallest absolute Gasteiger partial charge is 0.244 e. The fourth-order valence-electron chi connectivity index (χ4n) is 4.09. The van der Waals surface area contributed by atoms with Gasteiger partial charge in [0.1, 0.15) is 41.5 Å². The van der Waals surface area contributed by atoms with E-state index in [-0.39, 0.29) is 11.4 Å². The third kappa shape index (κ3) is 2.57. The summed E-state index contributed by atoms with van der Waals surface area (Å²) in [6, 6.07) is 9.20. The number of aromatic hydroxyl groups is 1. The number of nitrogens with two attached hydrogens (primary N) is 1. The number of anilines is 1. The summed E-state index contributed by atoms with van der Waals surface area (Å²) in [4.78, 5) is 38.4. The van der Waals surface area contributed by atoms with Crippen molar-refractivity contribution >= 4 is 23.5 Å². The Kier molecular flexibility index (Phi) is 3.92. The van der Waals surface area contributed by atoms with Gasteiger partial charge in [0.2, 0.25) is 11.8 Å². The third-order valence-corrected chi connectivity index (χ3v) is 5.22. The van der Waals surface area contributed by atoms with Gasteiger partial charge in [-0.2, -0.15) is 0 Å². The van der Waals surface area contributed by atoms with E-state index in [4.69, 9.17) is 0 Å². The molecule has 2 aromatic carbocycles. The summed E-state index contributed by atoms with van der Waals surface area (Å²) in [5.41, 5.74) is 0.408. The molecule has 0 aliphatic carbocycles. The van der Waals surface area contributed by atoms with Gasteiger partial charge in [0, 0.05) is 0 Å². The maximum Gasteiger partial charge on any atom is 0.244 e. The van der Waals surface area contributed by atoms with Crippen LogP contribution in [0.15, 0.2) is 48.5 Å². The van der Waals surface area contributed by atoms with Crippen LogP contribution >= 0.6 is 0 Å². The predicted octanol–water partition coefficient (Wildman–Crippen LogP) is -0.926. The Morgan fingerprint density at radius 1 is 1.07 bits per heavy atom. The van der Waals surface area contributed by atoms with Gasteiger partial charge in [-0.3, -0.25) is 9.59 Å². The highest BCUT2D eigenvalue weighted by Crippen LogP contribution is 2.43. The fourth-order valence-corrected chi connectivity index (χ4v) is 4.09. The van der Waals surface area contributed by atoms with E-state index in [0.29, 0.717) is 5.56 Å². The molecule has 7 nitrogen and oxygen atoms in total. The van der Waals surface area contributed by atoms with E-state index in [9.17, 15) is 29.0 Å². The number of imide groups is 1. The van der Waals surface area contributed by atoms with Crippen LogP contribution in [0.2, 0.25) is 0 Å². The number of carbonyl (C=O) groups excluding carboxylic acids is 3. The molecule has 4 atom stereocenters. The van der Waals surface area contributed by atoms with Gasteiger partial charge < -0.3 is 20.3 Å². The van der Waals surface area contributed by atoms with Crippen molar-refractivity contribution in [3.63, 3.8) is 0 Å². The minimum atomic E-state index is -1.47. The van der Waals surface area contributed by atoms with E-state index in [1.807, 2.05) is 0 Å². The molecule has 2 fully saturated rings. The van der Waals surface area contributed by atoms with Gasteiger partial charge >= 0.3 is 0 Å². The van der Waals surface area contributed by atoms with E-state index < -0.39 is 47.5 Å². The second kappa shape index (κ2) is 6.17. The number of aliphatic carboxylic acids is 1. The molecule has 2 heterocycles. The lowest BCUT2D eigenvalue weighted by molar-refractivity contribution is -0.705. The van der Waals surface area contributed by atoms with Crippen LogP contribution in [0.25, 0.3) is 0 Å². The van der Waals surface area contributed by atoms with Crippen molar-refractivity contribution in [2.75, 3.05) is 4.90 Å². The van der Waals surface area contributed by atoms with Crippen molar-refractivity contribution in [2.45, 2.75) is 12.1 Å². The number of phenols is 1. The molecule has 2 aliphatic heterocycles. The molecule has 27 heavy (non-hydrogen) atoms. The molecule has 3 N–H and O–H groups in total. The molecule has 0 unspecified atom stereocenters. The van der Waals surface area contributed by atoms with Crippen molar-refractivity contribution in [2.24, 2.45) is 11.8 Å². The monoisotopic (exact) mass is 370 g/mol. The van der Waals surface area contributed by atoms with Crippen LogP contribution in [0.1, 0.15) is 11.6 Å². The standard InChI is InChI=1S/C19H15FN2O5/c20-9-4-3-5-10(8-9)22-17(24)13-14(18(22)25)16(19(26)27)21-15(13)11-6-1-2-7-12(11)23/h1-8,13-16,21,23H,(H,26,27)/t13-,14+,15-,16-/m1/s1. The fraction of sp³-hybridized carbons (Fsp3) is 0.211. The van der Waals surface area contributed by atoms with Crippen LogP contribution in [0.5, 0.6) is 5.75 Å². The Labute approximate surface area is 153 Å². The van der Waals surface area contributed by atoms with Crippen LogP contribution in [0.3, 0.4) is 0 Å². The predicted molar refractivity (Wildman–Crippen MR) is 87.4 cm³/mol. The molecular formula is C19H15FN2O5. The normalized spacial score (nSPS) is 27.1. The maximum absolute atomic E-state index is 13.6. The van der Waals surface area contributed by atoms with E-state index in [1.165, 1.54) is 29.6 Å². The lowest BCUT2D eigenvalue weighted by Crippen LogP contribution is -2.92. The highest BCUT2D eigenvalue weighted by Gasteiger charge is 2.63. The van der Waals surface area contributed by atoms with Crippen molar-refractivity contribution in [1.82, 2.24) is 0 Å². The first-order chi connectivity index (χ1) is 12.9. The van der Waals surface area contributed by atoms with Crippen LogP contribution in [-0.2, 0) is 14.4 Å². The average Bonchev–Trinajstić information content (AvgIpc) is 3.13. The zero-order chi connectivity index (χ0) is 19.3. The number of carboxylic acid groups (broad SMARTS) is 1. The number of rotatable bonds is 3. The number of halogens is 1. The number of amides is 2. The molecule has 2 amide bonds. The van der Waals surface area contributed by atoms with Crippen LogP contribution in [-0.4, -0.2) is 28.9 Å². The van der Waals surface area contributed by atoms with Gasteiger partial charge in [0.25, 0.3) is 0 Å². The number of fused-ring (bicyclic) bond motifs is 1. The molecule has 8 heteroatoms. The molecule has 2 aliphatic rings. The lowest BCUT2D eigenvalue weighted by atomic mass is 9.86. The van der Waals surface area contributed by atoms with E-state index in [2.05, 4.69) is 0 Å². The highest BCUT2D eigenvalue weighted by molar-refractivity contribution is 6.23. The van der Waals surface area contributed by atoms with E-state index in [1.54, 1.807) is 18.2 Å². The third-order valence-electron chi connectivity index (χ3n) is 5.22. The number of quaternary nitrogens is 1. The molecule has 4 rings (SSSR count). The van der Waals surface area contributed by atoms with Crippen molar-refractivity contribution in [3.05, 3.63) is 59.9 Å². The molecule has 0 spiro atoms. The second-order valence-corrected chi connectivity index (χ2v) is 6.67. The van der Waals surface area contributed by atoms with Crippen LogP contribution in [0, 0.1) is 17.7 Å². The van der Waals surface area contributed by atoms with E-state index in [0.717, 1.165) is 11.0 Å². The quantitative estimate of drug-likeness (QED) is 0.678. The summed E-state index contributed by atoms with van der Waals surface area (Å²) in [5.74, 6) is -5.67. The SMILES string of the molecule is O=C([O-])[C@@H]1[NH2+][C@H](c2ccccc2O)[C@@H]2C(=O)N(c3cccc(F)c3)C(=O)[C@@H]21. The molecule has 2 aromatic rings. The number of nitrogens with zero attached hydrogens (tertiary/aromatic N) is 1. The second-order valence-electron chi connectivity index (χ2n) is 6.67. The number of hydrogen-bond acceptors (Lipinski definition) is 5. The number of carbonyl (C=O) groups is 3. The van der Waals surface area contributed by atoms with Crippen LogP contribution < -0.4 is 15.3 Å². The van der Waals surface area contributed by atoms with Crippen molar-refractivity contribution in [3.8, 4) is 5.75 Å². The average molecular weight is 370 g/mol. The van der Waals surface area contributed by atoms with Gasteiger partial charge in [0.15, 0.2) is 0 Å². The molecule has 0 saturated carbocycles. The minimum Gasteiger partial charge on any atom is -0.544 e. The van der Waals surface area contributed by atoms with Crippen molar-refractivity contribution in [1.29, 1.82) is 0 Å². The lowest BCUT2D eigenvalue weighted by Gasteiger charge is -2.21. The summed E-state index contributed by atoms with van der Waals surface area (Å²) in [5, 5.41) is 23.1. The highest BCUT2D eigenvalue weighted by atomic mass is 19.1. The Bertz CT molecular complexity index is 963. The zero-order valence-electron chi connectivity index (χ0n) is 13.9. The summed E-state index contributed by atoms with van der Waals surface area (Å²) < 4.78 is 13.6. The first-order valence-corrected chi connectivity index (χ1v) is 8.37. The topological polar surface area (TPSA) is 114 Å². The Morgan fingerprint density at radius 3 is 2.44 bits per heavy atom. The largest absolute Gasteiger partial charge is 0.544 e. The molecule has 0 aromatic heterocycles. The van der Waals surface area contributed by atoms with Gasteiger partial charge in [-0.05, 0) is 30.3 Å². The number of para-hydroxylation sites is 1. The van der Waals surface area contributed by atoms with Crippen LogP contribution in [0.4, 0.5) is 10.1 Å². The first kappa shape index (κ1) is 17.2.